The molecule has 3 aromatic rings. The molecule has 2 heterocycles. The number of phenols is 2. The summed E-state index contributed by atoms with van der Waals surface area (Å²) in [6.07, 6.45) is 1.61. The summed E-state index contributed by atoms with van der Waals surface area (Å²) in [5, 5.41) is 36.9. The second-order valence-electron chi connectivity index (χ2n) is 8.55. The van der Waals surface area contributed by atoms with Gasteiger partial charge in [0.15, 0.2) is 11.6 Å². The number of nitro benzene ring substituents is 1. The van der Waals surface area contributed by atoms with Crippen LogP contribution in [0.25, 0.3) is 11.8 Å². The van der Waals surface area contributed by atoms with Gasteiger partial charge in [0, 0.05) is 23.8 Å². The van der Waals surface area contributed by atoms with E-state index in [1.807, 2.05) is 0 Å². The van der Waals surface area contributed by atoms with Gasteiger partial charge in [-0.25, -0.2) is 4.68 Å². The molecule has 0 saturated heterocycles. The van der Waals surface area contributed by atoms with Gasteiger partial charge in [-0.3, -0.25) is 19.7 Å². The van der Waals surface area contributed by atoms with Crippen molar-refractivity contribution < 1.29 is 29.5 Å². The number of non-ortho nitro benzene ring substituents is 1. The maximum Gasteiger partial charge on any atom is 0.269 e. The number of ether oxygens (including phenoxy) is 1. The van der Waals surface area contributed by atoms with Gasteiger partial charge in [-0.2, -0.15) is 5.10 Å². The second kappa shape index (κ2) is 6.77. The number of hydrogen-bond donors (Lipinski definition) is 2. The monoisotopic (exact) mass is 461 g/mol. The zero-order chi connectivity index (χ0) is 24.7. The number of carbonyl (C=O) groups is 2. The molecule has 1 aliphatic heterocycles. The first kappa shape index (κ1) is 21.4. The van der Waals surface area contributed by atoms with Gasteiger partial charge in [-0.15, -0.1) is 0 Å². The van der Waals surface area contributed by atoms with Crippen LogP contribution in [0.3, 0.4) is 0 Å². The maximum atomic E-state index is 13.9. The van der Waals surface area contributed by atoms with Crippen molar-refractivity contribution in [2.24, 2.45) is 0 Å². The molecule has 5 rings (SSSR count). The first-order chi connectivity index (χ1) is 16.0. The summed E-state index contributed by atoms with van der Waals surface area (Å²) in [4.78, 5) is 36.7. The highest BCUT2D eigenvalue weighted by Crippen LogP contribution is 2.58. The van der Waals surface area contributed by atoms with Gasteiger partial charge < -0.3 is 14.9 Å². The van der Waals surface area contributed by atoms with E-state index < -0.39 is 21.9 Å². The second-order valence-corrected chi connectivity index (χ2v) is 8.55. The van der Waals surface area contributed by atoms with Crippen molar-refractivity contribution in [3.8, 4) is 22.9 Å². The molecule has 0 bridgehead atoms. The van der Waals surface area contributed by atoms with Gasteiger partial charge in [0.25, 0.3) is 5.69 Å². The SMILES string of the molecule is CC(=O)c1c(O)c(C)c(O)c2c1OC1=Cc3c(c(C)nn3-c3ccc([N+](=O)[O-])cc3)C(=O)[C@@]12C. The Morgan fingerprint density at radius 3 is 2.41 bits per heavy atom. The number of aromatic nitrogens is 2. The summed E-state index contributed by atoms with van der Waals surface area (Å²) in [5.41, 5.74) is 0.196. The first-order valence-corrected chi connectivity index (χ1v) is 10.4. The Bertz CT molecular complexity index is 1500. The van der Waals surface area contributed by atoms with E-state index in [0.717, 1.165) is 0 Å². The number of fused-ring (bicyclic) bond motifs is 4. The molecule has 1 atom stereocenters. The van der Waals surface area contributed by atoms with Crippen LogP contribution in [-0.4, -0.2) is 36.5 Å². The lowest BCUT2D eigenvalue weighted by molar-refractivity contribution is -0.384. The van der Waals surface area contributed by atoms with E-state index in [0.29, 0.717) is 22.6 Å². The molecule has 0 spiro atoms. The summed E-state index contributed by atoms with van der Waals surface area (Å²) >= 11 is 0. The lowest BCUT2D eigenvalue weighted by atomic mass is 9.71. The number of nitro groups is 1. The molecule has 172 valence electrons. The molecule has 34 heavy (non-hydrogen) atoms. The third kappa shape index (κ3) is 2.53. The minimum absolute atomic E-state index is 0.0483. The van der Waals surface area contributed by atoms with Crippen LogP contribution in [0.15, 0.2) is 30.0 Å². The normalized spacial score (nSPS) is 18.0. The Morgan fingerprint density at radius 1 is 1.18 bits per heavy atom. The van der Waals surface area contributed by atoms with Crippen LogP contribution in [0.1, 0.15) is 57.1 Å². The number of phenolic OH excluding ortho intramolecular Hbond substituents is 2. The van der Waals surface area contributed by atoms with E-state index >= 15 is 0 Å². The van der Waals surface area contributed by atoms with Crippen LogP contribution in [0, 0.1) is 24.0 Å². The molecule has 0 unspecified atom stereocenters. The third-order valence-electron chi connectivity index (χ3n) is 6.55. The van der Waals surface area contributed by atoms with E-state index in [4.69, 9.17) is 4.74 Å². The molecule has 1 aromatic heterocycles. The Hall–Kier alpha value is -4.47. The van der Waals surface area contributed by atoms with Crippen molar-refractivity contribution in [2.75, 3.05) is 0 Å². The van der Waals surface area contributed by atoms with Crippen molar-refractivity contribution >= 4 is 23.3 Å². The zero-order valence-electron chi connectivity index (χ0n) is 18.7. The molecule has 2 aromatic carbocycles. The largest absolute Gasteiger partial charge is 0.507 e. The summed E-state index contributed by atoms with van der Waals surface area (Å²) < 4.78 is 7.46. The Morgan fingerprint density at radius 2 is 1.82 bits per heavy atom. The van der Waals surface area contributed by atoms with E-state index in [1.54, 1.807) is 19.9 Å². The number of benzene rings is 2. The molecule has 1 aliphatic carbocycles. The minimum Gasteiger partial charge on any atom is -0.507 e. The summed E-state index contributed by atoms with van der Waals surface area (Å²) in [6, 6.07) is 5.72. The molecular formula is C24H19N3O7. The van der Waals surface area contributed by atoms with Gasteiger partial charge in [-0.1, -0.05) is 0 Å². The van der Waals surface area contributed by atoms with E-state index in [9.17, 15) is 29.9 Å². The average Bonchev–Trinajstić information content (AvgIpc) is 3.27. The molecule has 0 radical (unpaired) electrons. The van der Waals surface area contributed by atoms with Gasteiger partial charge >= 0.3 is 0 Å². The van der Waals surface area contributed by atoms with Crippen molar-refractivity contribution in [1.82, 2.24) is 9.78 Å². The average molecular weight is 461 g/mol. The number of allylic oxidation sites excluding steroid dienone is 1. The molecular weight excluding hydrogens is 442 g/mol. The highest BCUT2D eigenvalue weighted by atomic mass is 16.6. The van der Waals surface area contributed by atoms with Crippen molar-refractivity contribution in [3.05, 3.63) is 73.8 Å². The highest BCUT2D eigenvalue weighted by molar-refractivity contribution is 6.14. The summed E-state index contributed by atoms with van der Waals surface area (Å²) in [7, 11) is 0. The molecule has 2 N–H and O–H groups in total. The highest BCUT2D eigenvalue weighted by Gasteiger charge is 2.55. The number of carbonyl (C=O) groups excluding carboxylic acids is 2. The number of aryl methyl sites for hydroxylation is 1. The Balaban J connectivity index is 1.75. The van der Waals surface area contributed by atoms with Gasteiger partial charge in [0.05, 0.1) is 33.1 Å². The maximum absolute atomic E-state index is 13.9. The third-order valence-corrected chi connectivity index (χ3v) is 6.55. The number of nitrogens with zero attached hydrogens (tertiary/aromatic N) is 3. The molecule has 10 nitrogen and oxygen atoms in total. The molecule has 0 saturated carbocycles. The van der Waals surface area contributed by atoms with Crippen LogP contribution in [-0.2, 0) is 5.41 Å². The number of rotatable bonds is 3. The van der Waals surface area contributed by atoms with Crippen LogP contribution >= 0.6 is 0 Å². The van der Waals surface area contributed by atoms with Crippen LogP contribution in [0.4, 0.5) is 5.69 Å². The zero-order valence-corrected chi connectivity index (χ0v) is 18.7. The fourth-order valence-corrected chi connectivity index (χ4v) is 4.70. The quantitative estimate of drug-likeness (QED) is 0.339. The molecule has 0 fully saturated rings. The molecule has 0 amide bonds. The number of Topliss-reactive ketones (excluding diaryl/α,β-unsaturated/α-hetero) is 2. The number of hydrogen-bond acceptors (Lipinski definition) is 8. The van der Waals surface area contributed by atoms with E-state index in [1.165, 1.54) is 42.8 Å². The van der Waals surface area contributed by atoms with Crippen LogP contribution in [0.5, 0.6) is 17.2 Å². The lowest BCUT2D eigenvalue weighted by Gasteiger charge is -2.27. The Labute approximate surface area is 192 Å². The van der Waals surface area contributed by atoms with Gasteiger partial charge in [-0.05, 0) is 39.8 Å². The topological polar surface area (TPSA) is 145 Å². The van der Waals surface area contributed by atoms with Crippen LogP contribution in [0.2, 0.25) is 0 Å². The lowest BCUT2D eigenvalue weighted by Crippen LogP contribution is -2.36. The predicted octanol–water partition coefficient (Wildman–Crippen LogP) is 3.90. The fourth-order valence-electron chi connectivity index (χ4n) is 4.70. The van der Waals surface area contributed by atoms with Crippen molar-refractivity contribution in [1.29, 1.82) is 0 Å². The fraction of sp³-hybridized carbons (Fsp3) is 0.208. The predicted molar refractivity (Wildman–Crippen MR) is 120 cm³/mol. The molecule has 10 heteroatoms. The standard InChI is InChI=1S/C24H19N3O7/c1-10-20(29)18(12(3)28)22-19(21(10)30)24(4)16(34-22)9-15-17(23(24)31)11(2)25-26(15)13-5-7-14(8-6-13)27(32)33/h5-9,29-30H,1-4H3/t24-/m0/s1. The smallest absolute Gasteiger partial charge is 0.269 e. The van der Waals surface area contributed by atoms with E-state index in [2.05, 4.69) is 5.10 Å². The Kier molecular flexibility index (Phi) is 4.25. The van der Waals surface area contributed by atoms with Gasteiger partial charge in [0.2, 0.25) is 0 Å². The number of ketones is 2. The van der Waals surface area contributed by atoms with Crippen LogP contribution < -0.4 is 4.74 Å². The summed E-state index contributed by atoms with van der Waals surface area (Å²) in [6.45, 7) is 5.99. The van der Waals surface area contributed by atoms with Crippen molar-refractivity contribution in [3.63, 3.8) is 0 Å². The van der Waals surface area contributed by atoms with E-state index in [-0.39, 0.29) is 45.4 Å². The first-order valence-electron chi connectivity index (χ1n) is 10.4. The number of aromatic hydroxyl groups is 2. The van der Waals surface area contributed by atoms with Crippen molar-refractivity contribution in [2.45, 2.75) is 33.1 Å². The molecule has 2 aliphatic rings. The van der Waals surface area contributed by atoms with Gasteiger partial charge in [0.1, 0.15) is 34.0 Å². The minimum atomic E-state index is -1.44. The summed E-state index contributed by atoms with van der Waals surface area (Å²) in [5.74, 6) is -1.46.